The van der Waals surface area contributed by atoms with E-state index >= 15 is 0 Å². The monoisotopic (exact) mass is 175 g/mol. The molecule has 0 amide bonds. The van der Waals surface area contributed by atoms with Gasteiger partial charge in [0.05, 0.1) is 0 Å². The average Bonchev–Trinajstić information content (AvgIpc) is 2.21. The molecule has 0 atom stereocenters. The fourth-order valence-corrected chi connectivity index (χ4v) is 1.73. The SMILES string of the molecule is [CH](c1ccccn1)C1CCNCC1. The second kappa shape index (κ2) is 4.38. The number of hydrogen-bond acceptors (Lipinski definition) is 2. The van der Waals surface area contributed by atoms with Crippen molar-refractivity contribution in [3.05, 3.63) is 36.5 Å². The largest absolute Gasteiger partial charge is 0.317 e. The van der Waals surface area contributed by atoms with Crippen LogP contribution >= 0.6 is 0 Å². The van der Waals surface area contributed by atoms with Crippen LogP contribution in [0.1, 0.15) is 18.5 Å². The second-order valence-corrected chi connectivity index (χ2v) is 3.51. The van der Waals surface area contributed by atoms with Crippen LogP contribution in [0.3, 0.4) is 0 Å². The van der Waals surface area contributed by atoms with E-state index in [0.29, 0.717) is 0 Å². The van der Waals surface area contributed by atoms with E-state index in [1.165, 1.54) is 12.8 Å². The third kappa shape index (κ3) is 2.52. The summed E-state index contributed by atoms with van der Waals surface area (Å²) in [5, 5.41) is 3.36. The van der Waals surface area contributed by atoms with Crippen LogP contribution in [0.2, 0.25) is 0 Å². The molecule has 2 rings (SSSR count). The van der Waals surface area contributed by atoms with Crippen molar-refractivity contribution in [2.45, 2.75) is 12.8 Å². The molecule has 0 aliphatic carbocycles. The van der Waals surface area contributed by atoms with E-state index in [2.05, 4.69) is 22.8 Å². The third-order valence-corrected chi connectivity index (χ3v) is 2.48. The van der Waals surface area contributed by atoms with Crippen molar-refractivity contribution in [3.8, 4) is 0 Å². The molecule has 1 radical (unpaired) electrons. The van der Waals surface area contributed by atoms with Crippen molar-refractivity contribution < 1.29 is 0 Å². The topological polar surface area (TPSA) is 24.9 Å². The molecule has 1 saturated heterocycles. The summed E-state index contributed by atoms with van der Waals surface area (Å²) in [6.07, 6.45) is 6.64. The number of hydrogen-bond donors (Lipinski definition) is 1. The molecule has 1 fully saturated rings. The first-order valence-corrected chi connectivity index (χ1v) is 4.92. The Labute approximate surface area is 79.4 Å². The Morgan fingerprint density at radius 3 is 2.85 bits per heavy atom. The molecule has 69 valence electrons. The van der Waals surface area contributed by atoms with Crippen LogP contribution in [0.5, 0.6) is 0 Å². The molecule has 1 aliphatic heterocycles. The van der Waals surface area contributed by atoms with E-state index < -0.39 is 0 Å². The van der Waals surface area contributed by atoms with Gasteiger partial charge in [0.2, 0.25) is 0 Å². The molecular weight excluding hydrogens is 160 g/mol. The molecule has 2 heteroatoms. The van der Waals surface area contributed by atoms with Gasteiger partial charge in [-0.25, -0.2) is 0 Å². The van der Waals surface area contributed by atoms with Crippen LogP contribution in [0.4, 0.5) is 0 Å². The number of nitrogens with zero attached hydrogens (tertiary/aromatic N) is 1. The van der Waals surface area contributed by atoms with Crippen molar-refractivity contribution in [2.75, 3.05) is 13.1 Å². The quantitative estimate of drug-likeness (QED) is 0.739. The van der Waals surface area contributed by atoms with Crippen LogP contribution in [-0.4, -0.2) is 18.1 Å². The molecule has 0 saturated carbocycles. The van der Waals surface area contributed by atoms with E-state index in [0.717, 1.165) is 24.7 Å². The Kier molecular flexibility index (Phi) is 2.93. The maximum Gasteiger partial charge on any atom is 0.0444 e. The number of nitrogens with one attached hydrogen (secondary N) is 1. The van der Waals surface area contributed by atoms with Crippen LogP contribution in [0.25, 0.3) is 0 Å². The first-order valence-electron chi connectivity index (χ1n) is 4.92. The number of rotatable bonds is 2. The zero-order valence-corrected chi connectivity index (χ0v) is 7.74. The molecule has 1 aromatic rings. The lowest BCUT2D eigenvalue weighted by atomic mass is 9.93. The van der Waals surface area contributed by atoms with Gasteiger partial charge >= 0.3 is 0 Å². The maximum atomic E-state index is 4.30. The molecule has 0 bridgehead atoms. The zero-order chi connectivity index (χ0) is 8.93. The lowest BCUT2D eigenvalue weighted by Crippen LogP contribution is -2.28. The fraction of sp³-hybridized carbons (Fsp3) is 0.455. The van der Waals surface area contributed by atoms with Crippen LogP contribution in [0, 0.1) is 12.3 Å². The highest BCUT2D eigenvalue weighted by molar-refractivity contribution is 5.14. The minimum atomic E-state index is 0.719. The van der Waals surface area contributed by atoms with Crippen molar-refractivity contribution in [1.29, 1.82) is 0 Å². The Bertz CT molecular complexity index is 240. The van der Waals surface area contributed by atoms with Crippen molar-refractivity contribution in [2.24, 2.45) is 5.92 Å². The molecule has 1 aliphatic rings. The summed E-state index contributed by atoms with van der Waals surface area (Å²) in [5.74, 6) is 0.719. The highest BCUT2D eigenvalue weighted by Gasteiger charge is 2.13. The smallest absolute Gasteiger partial charge is 0.0444 e. The number of piperidine rings is 1. The van der Waals surface area contributed by atoms with Gasteiger partial charge in [-0.3, -0.25) is 4.98 Å². The van der Waals surface area contributed by atoms with Gasteiger partial charge in [0.25, 0.3) is 0 Å². The van der Waals surface area contributed by atoms with Gasteiger partial charge in [0.15, 0.2) is 0 Å². The lowest BCUT2D eigenvalue weighted by molar-refractivity contribution is 0.419. The predicted octanol–water partition coefficient (Wildman–Crippen LogP) is 1.63. The van der Waals surface area contributed by atoms with E-state index in [9.17, 15) is 0 Å². The molecule has 0 aromatic carbocycles. The maximum absolute atomic E-state index is 4.30. The summed E-state index contributed by atoms with van der Waals surface area (Å²) in [7, 11) is 0. The molecule has 2 heterocycles. The van der Waals surface area contributed by atoms with E-state index in [1.54, 1.807) is 0 Å². The van der Waals surface area contributed by atoms with Crippen LogP contribution in [-0.2, 0) is 0 Å². The van der Waals surface area contributed by atoms with Gasteiger partial charge < -0.3 is 5.32 Å². The van der Waals surface area contributed by atoms with Gasteiger partial charge in [-0.1, -0.05) is 6.07 Å². The Balaban J connectivity index is 1.90. The van der Waals surface area contributed by atoms with Crippen molar-refractivity contribution >= 4 is 0 Å². The molecule has 0 unspecified atom stereocenters. The van der Waals surface area contributed by atoms with Crippen molar-refractivity contribution in [3.63, 3.8) is 0 Å². The van der Waals surface area contributed by atoms with Crippen LogP contribution < -0.4 is 5.32 Å². The molecule has 1 N–H and O–H groups in total. The minimum Gasteiger partial charge on any atom is -0.317 e. The highest BCUT2D eigenvalue weighted by Crippen LogP contribution is 2.18. The van der Waals surface area contributed by atoms with Gasteiger partial charge in [-0.15, -0.1) is 0 Å². The molecule has 1 aromatic heterocycles. The van der Waals surface area contributed by atoms with E-state index in [1.807, 2.05) is 18.3 Å². The van der Waals surface area contributed by atoms with E-state index in [-0.39, 0.29) is 0 Å². The summed E-state index contributed by atoms with van der Waals surface area (Å²) in [6.45, 7) is 2.29. The molecule has 0 spiro atoms. The normalized spacial score (nSPS) is 18.8. The predicted molar refractivity (Wildman–Crippen MR) is 53.2 cm³/mol. The Morgan fingerprint density at radius 1 is 1.31 bits per heavy atom. The number of aromatic nitrogens is 1. The lowest BCUT2D eigenvalue weighted by Gasteiger charge is -2.21. The third-order valence-electron chi connectivity index (χ3n) is 2.48. The summed E-state index contributed by atoms with van der Waals surface area (Å²) < 4.78 is 0. The summed E-state index contributed by atoms with van der Waals surface area (Å²) in [4.78, 5) is 4.30. The zero-order valence-electron chi connectivity index (χ0n) is 7.74. The molecule has 13 heavy (non-hydrogen) atoms. The van der Waals surface area contributed by atoms with Gasteiger partial charge in [-0.05, 0) is 44.0 Å². The van der Waals surface area contributed by atoms with Gasteiger partial charge in [-0.2, -0.15) is 0 Å². The minimum absolute atomic E-state index is 0.719. The summed E-state index contributed by atoms with van der Waals surface area (Å²) >= 11 is 0. The van der Waals surface area contributed by atoms with Gasteiger partial charge in [0, 0.05) is 18.3 Å². The second-order valence-electron chi connectivity index (χ2n) is 3.51. The summed E-state index contributed by atoms with van der Waals surface area (Å²) in [6, 6.07) is 6.07. The standard InChI is InChI=1S/C11H15N2/c1-2-6-13-11(3-1)9-10-4-7-12-8-5-10/h1-3,6,9-10,12H,4-5,7-8H2. The van der Waals surface area contributed by atoms with Crippen molar-refractivity contribution in [1.82, 2.24) is 10.3 Å². The average molecular weight is 175 g/mol. The Morgan fingerprint density at radius 2 is 2.15 bits per heavy atom. The van der Waals surface area contributed by atoms with E-state index in [4.69, 9.17) is 0 Å². The number of pyridine rings is 1. The van der Waals surface area contributed by atoms with Gasteiger partial charge in [0.1, 0.15) is 0 Å². The van der Waals surface area contributed by atoms with Crippen LogP contribution in [0.15, 0.2) is 24.4 Å². The first-order chi connectivity index (χ1) is 6.45. The highest BCUT2D eigenvalue weighted by atomic mass is 14.9. The Hall–Kier alpha value is -0.890. The summed E-state index contributed by atoms with van der Waals surface area (Å²) in [5.41, 5.74) is 1.12. The first kappa shape index (κ1) is 8.70. The fourth-order valence-electron chi connectivity index (χ4n) is 1.73. The molecule has 2 nitrogen and oxygen atoms in total. The molecular formula is C11H15N2.